The topological polar surface area (TPSA) is 43.4 Å². The Morgan fingerprint density at radius 3 is 1.56 bits per heavy atom. The number of alkyl halides is 15. The molecule has 0 radical (unpaired) electrons. The van der Waals surface area contributed by atoms with Crippen molar-refractivity contribution in [1.82, 2.24) is 0 Å². The molecule has 3 nitrogen and oxygen atoms in total. The van der Waals surface area contributed by atoms with Crippen LogP contribution in [0, 0.1) is 17.8 Å². The first-order valence-corrected chi connectivity index (χ1v) is 13.2. The molecule has 256 valence electrons. The molecule has 0 heterocycles. The molecule has 0 saturated heterocycles. The molecule has 0 aliphatic heterocycles. The highest BCUT2D eigenvalue weighted by Gasteiger charge is 2.93. The van der Waals surface area contributed by atoms with Crippen LogP contribution in [0.1, 0.15) is 79.1 Å². The summed E-state index contributed by atoms with van der Waals surface area (Å²) in [6.07, 6.45) is -9.63. The van der Waals surface area contributed by atoms with Gasteiger partial charge in [-0.2, -0.15) is 65.9 Å². The number of ketones is 1. The average Bonchev–Trinajstić information content (AvgIpc) is 2.88. The van der Waals surface area contributed by atoms with E-state index in [0.717, 1.165) is 19.3 Å². The van der Waals surface area contributed by atoms with E-state index in [1.807, 2.05) is 13.8 Å². The molecule has 0 saturated carbocycles. The van der Waals surface area contributed by atoms with Gasteiger partial charge in [0.25, 0.3) is 0 Å². The molecule has 0 aromatic rings. The third-order valence-corrected chi connectivity index (χ3v) is 7.07. The van der Waals surface area contributed by atoms with Gasteiger partial charge in [-0.1, -0.05) is 47.0 Å². The van der Waals surface area contributed by atoms with Crippen LogP contribution < -0.4 is 0 Å². The van der Waals surface area contributed by atoms with Crippen LogP contribution in [-0.2, 0) is 14.3 Å². The maximum absolute atomic E-state index is 14.1. The van der Waals surface area contributed by atoms with Crippen molar-refractivity contribution in [2.24, 2.45) is 17.8 Å². The summed E-state index contributed by atoms with van der Waals surface area (Å²) in [5.41, 5.74) is 0. The Morgan fingerprint density at radius 1 is 0.674 bits per heavy atom. The molecule has 0 bridgehead atoms. The molecule has 43 heavy (non-hydrogen) atoms. The highest BCUT2D eigenvalue weighted by atomic mass is 19.4. The first-order valence-electron chi connectivity index (χ1n) is 13.2. The maximum atomic E-state index is 14.1. The van der Waals surface area contributed by atoms with Crippen molar-refractivity contribution in [2.45, 2.75) is 121 Å². The number of esters is 1. The van der Waals surface area contributed by atoms with Crippen molar-refractivity contribution < 1.29 is 80.2 Å². The minimum absolute atomic E-state index is 0.0220. The lowest BCUT2D eigenvalue weighted by molar-refractivity contribution is -0.452. The van der Waals surface area contributed by atoms with Crippen LogP contribution in [-0.4, -0.2) is 60.1 Å². The lowest BCUT2D eigenvalue weighted by atomic mass is 9.86. The zero-order valence-electron chi connectivity index (χ0n) is 23.5. The summed E-state index contributed by atoms with van der Waals surface area (Å²) < 4.78 is 205. The Labute approximate surface area is 237 Å². The van der Waals surface area contributed by atoms with Crippen molar-refractivity contribution in [3.63, 3.8) is 0 Å². The van der Waals surface area contributed by atoms with Gasteiger partial charge in [-0.3, -0.25) is 9.59 Å². The first kappa shape index (κ1) is 41.1. The van der Waals surface area contributed by atoms with E-state index in [1.54, 1.807) is 0 Å². The summed E-state index contributed by atoms with van der Waals surface area (Å²) in [6.45, 7) is 6.37. The number of hydrogen-bond acceptors (Lipinski definition) is 3. The number of unbranched alkanes of at least 4 members (excludes halogenated alkanes) is 1. The highest BCUT2D eigenvalue weighted by molar-refractivity contribution is 5.82. The van der Waals surface area contributed by atoms with Gasteiger partial charge in [0.2, 0.25) is 0 Å². The van der Waals surface area contributed by atoms with Gasteiger partial charge in [-0.15, -0.1) is 0 Å². The Morgan fingerprint density at radius 2 is 1.14 bits per heavy atom. The van der Waals surface area contributed by atoms with E-state index >= 15 is 0 Å². The number of carbonyl (C=O) groups is 2. The molecule has 0 rings (SSSR count). The summed E-state index contributed by atoms with van der Waals surface area (Å²) in [7, 11) is 0. The second-order valence-electron chi connectivity index (χ2n) is 10.3. The van der Waals surface area contributed by atoms with E-state index in [2.05, 4.69) is 0 Å². The second kappa shape index (κ2) is 14.5. The molecule has 0 aromatic heterocycles. The van der Waals surface area contributed by atoms with E-state index in [9.17, 15) is 75.4 Å². The largest absolute Gasteiger partial charge is 0.465 e. The van der Waals surface area contributed by atoms with Crippen molar-refractivity contribution in [3.05, 3.63) is 0 Å². The van der Waals surface area contributed by atoms with Gasteiger partial charge in [0.05, 0.1) is 12.5 Å². The third-order valence-electron chi connectivity index (χ3n) is 7.07. The average molecular weight is 667 g/mol. The van der Waals surface area contributed by atoms with E-state index in [4.69, 9.17) is 4.74 Å². The van der Waals surface area contributed by atoms with Crippen molar-refractivity contribution in [3.8, 4) is 0 Å². The van der Waals surface area contributed by atoms with Crippen LogP contribution in [0.3, 0.4) is 0 Å². The van der Waals surface area contributed by atoms with Gasteiger partial charge in [0.15, 0.2) is 0 Å². The third kappa shape index (κ3) is 8.42. The monoisotopic (exact) mass is 666 g/mol. The van der Waals surface area contributed by atoms with Crippen LogP contribution in [0.15, 0.2) is 0 Å². The number of carbonyl (C=O) groups excluding carboxylic acids is 2. The predicted molar refractivity (Wildman–Crippen MR) is 122 cm³/mol. The number of rotatable bonds is 19. The fourth-order valence-electron chi connectivity index (χ4n) is 3.93. The van der Waals surface area contributed by atoms with Crippen LogP contribution >= 0.6 is 0 Å². The lowest BCUT2D eigenvalue weighted by Crippen LogP contribution is -2.72. The summed E-state index contributed by atoms with van der Waals surface area (Å²) in [4.78, 5) is 24.7. The first-order chi connectivity index (χ1) is 19.1. The molecule has 0 aromatic carbocycles. The Balaban J connectivity index is 5.73. The van der Waals surface area contributed by atoms with E-state index in [0.29, 0.717) is 6.42 Å². The van der Waals surface area contributed by atoms with E-state index in [1.165, 1.54) is 13.8 Å². The zero-order chi connectivity index (χ0) is 34.5. The molecule has 3 atom stereocenters. The van der Waals surface area contributed by atoms with Crippen molar-refractivity contribution in [2.75, 3.05) is 6.61 Å². The highest BCUT2D eigenvalue weighted by Crippen LogP contribution is 2.62. The standard InChI is InChI=1S/C25H33F15O3/c1-5-8-9-15(6-2)13-43-18(42)14(4)12-16(7-3)17(41)10-11-19(26,27)20(28,29)21(30,31)22(32,33)23(34,35)24(36,37)25(38,39)40/h14-16H,5-13H2,1-4H3. The van der Waals surface area contributed by atoms with E-state index < -0.39 is 84.6 Å². The SMILES string of the molecule is CCCCC(CC)COC(=O)C(C)CC(CC)C(=O)CCC(F)(F)C(F)(F)C(F)(F)C(F)(F)C(F)(F)C(F)(F)C(F)(F)F. The quantitative estimate of drug-likeness (QED) is 0.102. The van der Waals surface area contributed by atoms with Crippen LogP contribution in [0.2, 0.25) is 0 Å². The smallest absolute Gasteiger partial charge is 0.460 e. The number of halogens is 15. The molecule has 0 aliphatic rings. The van der Waals surface area contributed by atoms with Gasteiger partial charge in [-0.05, 0) is 25.2 Å². The van der Waals surface area contributed by atoms with Gasteiger partial charge in [-0.25, -0.2) is 0 Å². The van der Waals surface area contributed by atoms with Crippen molar-refractivity contribution >= 4 is 11.8 Å². The summed E-state index contributed by atoms with van der Waals surface area (Å²) in [6, 6.07) is 0. The minimum Gasteiger partial charge on any atom is -0.465 e. The van der Waals surface area contributed by atoms with Gasteiger partial charge >= 0.3 is 47.7 Å². The van der Waals surface area contributed by atoms with Crippen LogP contribution in [0.25, 0.3) is 0 Å². The maximum Gasteiger partial charge on any atom is 0.460 e. The van der Waals surface area contributed by atoms with Gasteiger partial charge in [0, 0.05) is 18.8 Å². The van der Waals surface area contributed by atoms with E-state index in [-0.39, 0.29) is 18.9 Å². The Hall–Kier alpha value is -1.91. The minimum atomic E-state index is -8.37. The molecule has 0 amide bonds. The Kier molecular flexibility index (Phi) is 13.8. The predicted octanol–water partition coefficient (Wildman–Crippen LogP) is 9.52. The summed E-state index contributed by atoms with van der Waals surface area (Å²) >= 11 is 0. The molecule has 3 unspecified atom stereocenters. The second-order valence-corrected chi connectivity index (χ2v) is 10.3. The van der Waals surface area contributed by atoms with Crippen LogP contribution in [0.5, 0.6) is 0 Å². The molecule has 0 aliphatic carbocycles. The van der Waals surface area contributed by atoms with Crippen molar-refractivity contribution in [1.29, 1.82) is 0 Å². The fraction of sp³-hybridized carbons (Fsp3) is 0.920. The number of hydrogen-bond donors (Lipinski definition) is 0. The molecule has 18 heteroatoms. The molecule has 0 spiro atoms. The Bertz CT molecular complexity index is 916. The lowest BCUT2D eigenvalue weighted by Gasteiger charge is -2.41. The van der Waals surface area contributed by atoms with Gasteiger partial charge in [0.1, 0.15) is 5.78 Å². The van der Waals surface area contributed by atoms with Crippen LogP contribution in [0.4, 0.5) is 65.9 Å². The summed E-state index contributed by atoms with van der Waals surface area (Å²) in [5, 5.41) is 0. The zero-order valence-corrected chi connectivity index (χ0v) is 23.5. The number of ether oxygens (including phenoxy) is 1. The molecular formula is C25H33F15O3. The van der Waals surface area contributed by atoms with Gasteiger partial charge < -0.3 is 4.74 Å². The molecule has 0 N–H and O–H groups in total. The molecule has 0 fully saturated rings. The number of Topliss-reactive ketones (excluding diaryl/α,β-unsaturated/α-hetero) is 1. The molecular weight excluding hydrogens is 633 g/mol. The summed E-state index contributed by atoms with van der Waals surface area (Å²) in [5.74, 6) is -51.6. The fourth-order valence-corrected chi connectivity index (χ4v) is 3.93. The normalized spacial score (nSPS) is 16.5.